The molecule has 0 unspecified atom stereocenters. The van der Waals surface area contributed by atoms with E-state index in [4.69, 9.17) is 0 Å². The number of rotatable bonds is 6. The lowest BCUT2D eigenvalue weighted by atomic mass is 10.1. The summed E-state index contributed by atoms with van der Waals surface area (Å²) in [5.74, 6) is -0.0730. The average Bonchev–Trinajstić information content (AvgIpc) is 2.94. The molecule has 4 heteroatoms. The third kappa shape index (κ3) is 3.64. The fourth-order valence-electron chi connectivity index (χ4n) is 1.86. The first kappa shape index (κ1) is 13.7. The van der Waals surface area contributed by atoms with Crippen LogP contribution in [0, 0.1) is 0 Å². The van der Waals surface area contributed by atoms with Crippen molar-refractivity contribution in [3.63, 3.8) is 0 Å². The molecule has 0 bridgehead atoms. The first-order chi connectivity index (χ1) is 9.33. The van der Waals surface area contributed by atoms with Gasteiger partial charge in [0.2, 0.25) is 0 Å². The molecule has 0 radical (unpaired) electrons. The summed E-state index contributed by atoms with van der Waals surface area (Å²) in [5, 5.41) is 2.94. The Bertz CT molecular complexity index is 522. The molecule has 2 aromatic rings. The van der Waals surface area contributed by atoms with E-state index in [1.807, 2.05) is 30.3 Å². The van der Waals surface area contributed by atoms with E-state index in [0.29, 0.717) is 5.69 Å². The van der Waals surface area contributed by atoms with Gasteiger partial charge in [-0.2, -0.15) is 0 Å². The summed E-state index contributed by atoms with van der Waals surface area (Å²) in [6.07, 6.45) is 3.32. The molecule has 100 valence electrons. The van der Waals surface area contributed by atoms with Crippen molar-refractivity contribution < 1.29 is 4.79 Å². The first-order valence-electron chi connectivity index (χ1n) is 6.60. The average molecular weight is 274 g/mol. The minimum Gasteiger partial charge on any atom is -0.351 e. The van der Waals surface area contributed by atoms with Crippen molar-refractivity contribution in [2.24, 2.45) is 0 Å². The summed E-state index contributed by atoms with van der Waals surface area (Å²) in [6, 6.07) is 9.91. The number of hydrogen-bond donors (Lipinski definition) is 1. The Morgan fingerprint density at radius 2 is 2.05 bits per heavy atom. The lowest BCUT2D eigenvalue weighted by Gasteiger charge is -2.04. The largest absolute Gasteiger partial charge is 0.351 e. The second-order valence-corrected chi connectivity index (χ2v) is 5.21. The summed E-state index contributed by atoms with van der Waals surface area (Å²) >= 11 is 1.50. The number of thiazole rings is 1. The van der Waals surface area contributed by atoms with Gasteiger partial charge in [-0.1, -0.05) is 50.1 Å². The van der Waals surface area contributed by atoms with E-state index >= 15 is 0 Å². The maximum absolute atomic E-state index is 12.1. The molecule has 0 aliphatic carbocycles. The molecule has 19 heavy (non-hydrogen) atoms. The number of carbonyl (C=O) groups excluding carboxylic acids is 1. The van der Waals surface area contributed by atoms with Crippen molar-refractivity contribution in [2.75, 3.05) is 6.54 Å². The Labute approximate surface area is 117 Å². The van der Waals surface area contributed by atoms with Gasteiger partial charge in [0.1, 0.15) is 5.69 Å². The third-order valence-corrected chi connectivity index (χ3v) is 3.76. The van der Waals surface area contributed by atoms with E-state index in [-0.39, 0.29) is 5.91 Å². The zero-order chi connectivity index (χ0) is 13.5. The number of carbonyl (C=O) groups is 1. The van der Waals surface area contributed by atoms with Crippen molar-refractivity contribution in [3.8, 4) is 10.4 Å². The summed E-state index contributed by atoms with van der Waals surface area (Å²) < 4.78 is 0. The second-order valence-electron chi connectivity index (χ2n) is 4.36. The molecular weight excluding hydrogens is 256 g/mol. The number of hydrogen-bond acceptors (Lipinski definition) is 3. The van der Waals surface area contributed by atoms with E-state index in [0.717, 1.165) is 36.2 Å². The highest BCUT2D eigenvalue weighted by Crippen LogP contribution is 2.27. The van der Waals surface area contributed by atoms with Crippen LogP contribution in [0.15, 0.2) is 35.8 Å². The minimum absolute atomic E-state index is 0.0730. The summed E-state index contributed by atoms with van der Waals surface area (Å²) in [6.45, 7) is 2.87. The molecule has 0 fully saturated rings. The van der Waals surface area contributed by atoms with Gasteiger partial charge in [0.15, 0.2) is 0 Å². The fourth-order valence-corrected chi connectivity index (χ4v) is 2.66. The molecule has 0 aliphatic rings. The molecule has 1 heterocycles. The molecule has 1 N–H and O–H groups in total. The molecule has 0 spiro atoms. The van der Waals surface area contributed by atoms with Crippen LogP contribution in [0.1, 0.15) is 36.7 Å². The van der Waals surface area contributed by atoms with Gasteiger partial charge in [-0.3, -0.25) is 4.79 Å². The molecular formula is C15H18N2OS. The molecule has 1 aromatic heterocycles. The Morgan fingerprint density at radius 1 is 1.26 bits per heavy atom. The maximum Gasteiger partial charge on any atom is 0.271 e. The van der Waals surface area contributed by atoms with Crippen LogP contribution in [-0.4, -0.2) is 17.4 Å². The smallest absolute Gasteiger partial charge is 0.271 e. The molecule has 0 atom stereocenters. The number of amides is 1. The minimum atomic E-state index is -0.0730. The number of nitrogens with zero attached hydrogens (tertiary/aromatic N) is 1. The molecule has 0 saturated carbocycles. The number of unbranched alkanes of at least 4 members (excludes halogenated alkanes) is 2. The SMILES string of the molecule is CCCCCNC(=O)c1ncsc1-c1ccccc1. The predicted molar refractivity (Wildman–Crippen MR) is 79.4 cm³/mol. The highest BCUT2D eigenvalue weighted by atomic mass is 32.1. The van der Waals surface area contributed by atoms with Gasteiger partial charge < -0.3 is 5.32 Å². The standard InChI is InChI=1S/C15H18N2OS/c1-2-3-7-10-16-15(18)13-14(19-11-17-13)12-8-5-4-6-9-12/h4-6,8-9,11H,2-3,7,10H2,1H3,(H,16,18). The van der Waals surface area contributed by atoms with E-state index < -0.39 is 0 Å². The fraction of sp³-hybridized carbons (Fsp3) is 0.333. The normalized spacial score (nSPS) is 10.4. The summed E-state index contributed by atoms with van der Waals surface area (Å²) in [7, 11) is 0. The lowest BCUT2D eigenvalue weighted by molar-refractivity contribution is 0.0949. The maximum atomic E-state index is 12.1. The van der Waals surface area contributed by atoms with Gasteiger partial charge in [0, 0.05) is 6.54 Å². The Morgan fingerprint density at radius 3 is 2.79 bits per heavy atom. The van der Waals surface area contributed by atoms with Gasteiger partial charge in [0.25, 0.3) is 5.91 Å². The highest BCUT2D eigenvalue weighted by Gasteiger charge is 2.15. The zero-order valence-electron chi connectivity index (χ0n) is 11.1. The lowest BCUT2D eigenvalue weighted by Crippen LogP contribution is -2.25. The van der Waals surface area contributed by atoms with E-state index in [9.17, 15) is 4.79 Å². The van der Waals surface area contributed by atoms with Gasteiger partial charge in [-0.25, -0.2) is 4.98 Å². The molecule has 0 saturated heterocycles. The van der Waals surface area contributed by atoms with Crippen LogP contribution in [0.25, 0.3) is 10.4 Å². The van der Waals surface area contributed by atoms with Gasteiger partial charge in [0.05, 0.1) is 10.4 Å². The van der Waals surface area contributed by atoms with Crippen LogP contribution < -0.4 is 5.32 Å². The zero-order valence-corrected chi connectivity index (χ0v) is 11.9. The second kappa shape index (κ2) is 7.04. The molecule has 0 aliphatic heterocycles. The van der Waals surface area contributed by atoms with E-state index in [2.05, 4.69) is 17.2 Å². The van der Waals surface area contributed by atoms with Crippen LogP contribution in [0.3, 0.4) is 0 Å². The number of aromatic nitrogens is 1. The van der Waals surface area contributed by atoms with Crippen LogP contribution in [0.2, 0.25) is 0 Å². The van der Waals surface area contributed by atoms with Gasteiger partial charge in [-0.05, 0) is 12.0 Å². The Balaban J connectivity index is 2.05. The van der Waals surface area contributed by atoms with Crippen molar-refractivity contribution in [2.45, 2.75) is 26.2 Å². The van der Waals surface area contributed by atoms with Crippen molar-refractivity contribution in [1.29, 1.82) is 0 Å². The van der Waals surface area contributed by atoms with Crippen LogP contribution in [0.4, 0.5) is 0 Å². The predicted octanol–water partition coefficient (Wildman–Crippen LogP) is 3.73. The molecule has 1 aromatic carbocycles. The van der Waals surface area contributed by atoms with Crippen molar-refractivity contribution in [3.05, 3.63) is 41.5 Å². The van der Waals surface area contributed by atoms with Crippen molar-refractivity contribution in [1.82, 2.24) is 10.3 Å². The van der Waals surface area contributed by atoms with Crippen molar-refractivity contribution >= 4 is 17.2 Å². The molecule has 2 rings (SSSR count). The van der Waals surface area contributed by atoms with Gasteiger partial charge >= 0.3 is 0 Å². The van der Waals surface area contributed by atoms with E-state index in [1.54, 1.807) is 5.51 Å². The summed E-state index contributed by atoms with van der Waals surface area (Å²) in [5.41, 5.74) is 3.31. The van der Waals surface area contributed by atoms with Crippen LogP contribution in [-0.2, 0) is 0 Å². The quantitative estimate of drug-likeness (QED) is 0.815. The Kier molecular flexibility index (Phi) is 5.10. The molecule has 3 nitrogen and oxygen atoms in total. The monoisotopic (exact) mass is 274 g/mol. The third-order valence-electron chi connectivity index (χ3n) is 2.88. The topological polar surface area (TPSA) is 42.0 Å². The number of nitrogens with one attached hydrogen (secondary N) is 1. The summed E-state index contributed by atoms with van der Waals surface area (Å²) in [4.78, 5) is 17.2. The number of benzene rings is 1. The Hall–Kier alpha value is -1.68. The first-order valence-corrected chi connectivity index (χ1v) is 7.48. The van der Waals surface area contributed by atoms with Gasteiger partial charge in [-0.15, -0.1) is 11.3 Å². The van der Waals surface area contributed by atoms with Crippen LogP contribution in [0.5, 0.6) is 0 Å². The molecule has 1 amide bonds. The highest BCUT2D eigenvalue weighted by molar-refractivity contribution is 7.13. The van der Waals surface area contributed by atoms with Crippen LogP contribution >= 0.6 is 11.3 Å². The van der Waals surface area contributed by atoms with E-state index in [1.165, 1.54) is 11.3 Å².